The van der Waals surface area contributed by atoms with Gasteiger partial charge in [0, 0.05) is 26.2 Å². The number of hydrogen-bond donors (Lipinski definition) is 3. The van der Waals surface area contributed by atoms with Crippen molar-refractivity contribution in [1.82, 2.24) is 10.6 Å². The topological polar surface area (TPSA) is 44.3 Å². The SMILES string of the molecule is CC(CNCCNCCO)c1ccccc1. The Morgan fingerprint density at radius 2 is 1.75 bits per heavy atom. The Morgan fingerprint density at radius 3 is 2.44 bits per heavy atom. The van der Waals surface area contributed by atoms with Gasteiger partial charge in [0.1, 0.15) is 0 Å². The van der Waals surface area contributed by atoms with E-state index in [1.54, 1.807) is 0 Å². The molecular weight excluding hydrogens is 200 g/mol. The highest BCUT2D eigenvalue weighted by molar-refractivity contribution is 5.18. The molecule has 1 aromatic carbocycles. The Kier molecular flexibility index (Phi) is 6.81. The fraction of sp³-hybridized carbons (Fsp3) is 0.538. The standard InChI is InChI=1S/C13H22N2O/c1-12(13-5-3-2-4-6-13)11-15-8-7-14-9-10-16/h2-6,12,14-16H,7-11H2,1H3. The number of benzene rings is 1. The molecule has 3 N–H and O–H groups in total. The van der Waals surface area contributed by atoms with E-state index >= 15 is 0 Å². The highest BCUT2D eigenvalue weighted by atomic mass is 16.3. The molecule has 3 heteroatoms. The molecule has 1 aromatic rings. The molecule has 0 aliphatic heterocycles. The molecule has 0 aliphatic carbocycles. The third-order valence-corrected chi connectivity index (χ3v) is 2.59. The number of aliphatic hydroxyl groups is 1. The van der Waals surface area contributed by atoms with Gasteiger partial charge >= 0.3 is 0 Å². The smallest absolute Gasteiger partial charge is 0.0555 e. The van der Waals surface area contributed by atoms with Crippen LogP contribution in [0.25, 0.3) is 0 Å². The van der Waals surface area contributed by atoms with Crippen LogP contribution in [0, 0.1) is 0 Å². The minimum absolute atomic E-state index is 0.209. The maximum atomic E-state index is 8.58. The molecule has 0 spiro atoms. The summed E-state index contributed by atoms with van der Waals surface area (Å²) in [7, 11) is 0. The molecule has 0 radical (unpaired) electrons. The molecule has 1 rings (SSSR count). The summed E-state index contributed by atoms with van der Waals surface area (Å²) in [5, 5.41) is 15.1. The van der Waals surface area contributed by atoms with E-state index < -0.39 is 0 Å². The zero-order valence-electron chi connectivity index (χ0n) is 9.95. The van der Waals surface area contributed by atoms with Crippen molar-refractivity contribution in [2.24, 2.45) is 0 Å². The van der Waals surface area contributed by atoms with Crippen LogP contribution in [0.2, 0.25) is 0 Å². The van der Waals surface area contributed by atoms with E-state index in [0.29, 0.717) is 12.5 Å². The minimum Gasteiger partial charge on any atom is -0.395 e. The molecule has 0 heterocycles. The lowest BCUT2D eigenvalue weighted by molar-refractivity contribution is 0.292. The van der Waals surface area contributed by atoms with Crippen LogP contribution in [0.5, 0.6) is 0 Å². The van der Waals surface area contributed by atoms with Crippen molar-refractivity contribution in [3.05, 3.63) is 35.9 Å². The third-order valence-electron chi connectivity index (χ3n) is 2.59. The van der Waals surface area contributed by atoms with Crippen molar-refractivity contribution in [1.29, 1.82) is 0 Å². The van der Waals surface area contributed by atoms with Gasteiger partial charge in [-0.3, -0.25) is 0 Å². The third kappa shape index (κ3) is 5.26. The van der Waals surface area contributed by atoms with Gasteiger partial charge in [-0.05, 0) is 11.5 Å². The average Bonchev–Trinajstić information content (AvgIpc) is 2.34. The van der Waals surface area contributed by atoms with E-state index in [-0.39, 0.29) is 6.61 Å². The van der Waals surface area contributed by atoms with Gasteiger partial charge in [-0.25, -0.2) is 0 Å². The van der Waals surface area contributed by atoms with E-state index in [1.807, 2.05) is 6.07 Å². The lowest BCUT2D eigenvalue weighted by Crippen LogP contribution is -2.31. The molecule has 0 saturated carbocycles. The second kappa shape index (κ2) is 8.28. The molecule has 0 bridgehead atoms. The Morgan fingerprint density at radius 1 is 1.06 bits per heavy atom. The predicted octanol–water partition coefficient (Wildman–Crippen LogP) is 0.962. The monoisotopic (exact) mass is 222 g/mol. The van der Waals surface area contributed by atoms with Crippen molar-refractivity contribution in [2.45, 2.75) is 12.8 Å². The fourth-order valence-electron chi connectivity index (χ4n) is 1.60. The molecule has 0 aromatic heterocycles. The molecule has 0 aliphatic rings. The van der Waals surface area contributed by atoms with Gasteiger partial charge < -0.3 is 15.7 Å². The second-order valence-electron chi connectivity index (χ2n) is 3.99. The zero-order valence-corrected chi connectivity index (χ0v) is 9.95. The van der Waals surface area contributed by atoms with Crippen LogP contribution in [-0.4, -0.2) is 37.9 Å². The van der Waals surface area contributed by atoms with Crippen molar-refractivity contribution in [3.63, 3.8) is 0 Å². The molecule has 16 heavy (non-hydrogen) atoms. The summed E-state index contributed by atoms with van der Waals surface area (Å²) >= 11 is 0. The Balaban J connectivity index is 2.09. The quantitative estimate of drug-likeness (QED) is 0.574. The molecule has 1 atom stereocenters. The lowest BCUT2D eigenvalue weighted by atomic mass is 10.0. The Bertz CT molecular complexity index is 264. The van der Waals surface area contributed by atoms with Crippen LogP contribution in [0.4, 0.5) is 0 Å². The van der Waals surface area contributed by atoms with Crippen molar-refractivity contribution in [2.75, 3.05) is 32.8 Å². The van der Waals surface area contributed by atoms with Crippen LogP contribution in [0.3, 0.4) is 0 Å². The normalized spacial score (nSPS) is 12.6. The predicted molar refractivity (Wildman–Crippen MR) is 67.7 cm³/mol. The summed E-state index contributed by atoms with van der Waals surface area (Å²) in [6.07, 6.45) is 0. The Labute approximate surface area is 97.9 Å². The first-order valence-corrected chi connectivity index (χ1v) is 5.92. The molecule has 0 saturated heterocycles. The summed E-state index contributed by atoms with van der Waals surface area (Å²) in [5.41, 5.74) is 1.37. The maximum Gasteiger partial charge on any atom is 0.0555 e. The van der Waals surface area contributed by atoms with Crippen molar-refractivity contribution < 1.29 is 5.11 Å². The van der Waals surface area contributed by atoms with E-state index in [4.69, 9.17) is 5.11 Å². The van der Waals surface area contributed by atoms with Gasteiger partial charge in [0.05, 0.1) is 6.61 Å². The van der Waals surface area contributed by atoms with E-state index in [9.17, 15) is 0 Å². The van der Waals surface area contributed by atoms with E-state index in [2.05, 4.69) is 41.8 Å². The maximum absolute atomic E-state index is 8.58. The summed E-state index contributed by atoms with van der Waals surface area (Å²) in [4.78, 5) is 0. The minimum atomic E-state index is 0.209. The van der Waals surface area contributed by atoms with Gasteiger partial charge in [0.25, 0.3) is 0 Å². The van der Waals surface area contributed by atoms with Crippen molar-refractivity contribution >= 4 is 0 Å². The molecule has 1 unspecified atom stereocenters. The fourth-order valence-corrected chi connectivity index (χ4v) is 1.60. The Hall–Kier alpha value is -0.900. The van der Waals surface area contributed by atoms with Gasteiger partial charge in [0.2, 0.25) is 0 Å². The average molecular weight is 222 g/mol. The summed E-state index contributed by atoms with van der Waals surface area (Å²) in [5.74, 6) is 0.541. The largest absolute Gasteiger partial charge is 0.395 e. The van der Waals surface area contributed by atoms with Crippen LogP contribution < -0.4 is 10.6 Å². The number of aliphatic hydroxyl groups excluding tert-OH is 1. The van der Waals surface area contributed by atoms with Crippen LogP contribution in [0.1, 0.15) is 18.4 Å². The molecule has 0 fully saturated rings. The van der Waals surface area contributed by atoms with Gasteiger partial charge in [0.15, 0.2) is 0 Å². The van der Waals surface area contributed by atoms with Crippen LogP contribution >= 0.6 is 0 Å². The summed E-state index contributed by atoms with van der Waals surface area (Å²) in [6.45, 7) is 5.95. The number of nitrogens with one attached hydrogen (secondary N) is 2. The van der Waals surface area contributed by atoms with E-state index in [0.717, 1.165) is 19.6 Å². The molecule has 0 amide bonds. The number of hydrogen-bond acceptors (Lipinski definition) is 3. The van der Waals surface area contributed by atoms with Gasteiger partial charge in [-0.2, -0.15) is 0 Å². The van der Waals surface area contributed by atoms with Crippen LogP contribution in [-0.2, 0) is 0 Å². The van der Waals surface area contributed by atoms with Crippen LogP contribution in [0.15, 0.2) is 30.3 Å². The summed E-state index contributed by atoms with van der Waals surface area (Å²) in [6, 6.07) is 10.5. The highest BCUT2D eigenvalue weighted by Crippen LogP contribution is 2.12. The first kappa shape index (κ1) is 13.2. The molecule has 90 valence electrons. The van der Waals surface area contributed by atoms with Gasteiger partial charge in [-0.1, -0.05) is 37.3 Å². The first-order valence-electron chi connectivity index (χ1n) is 5.92. The number of rotatable bonds is 8. The lowest BCUT2D eigenvalue weighted by Gasteiger charge is -2.13. The molecule has 3 nitrogen and oxygen atoms in total. The zero-order chi connectivity index (χ0) is 11.6. The molecular formula is C13H22N2O. The first-order chi connectivity index (χ1) is 7.84. The van der Waals surface area contributed by atoms with Crippen molar-refractivity contribution in [3.8, 4) is 0 Å². The van der Waals surface area contributed by atoms with Gasteiger partial charge in [-0.15, -0.1) is 0 Å². The summed E-state index contributed by atoms with van der Waals surface area (Å²) < 4.78 is 0. The highest BCUT2D eigenvalue weighted by Gasteiger charge is 2.02. The van der Waals surface area contributed by atoms with E-state index in [1.165, 1.54) is 5.56 Å². The second-order valence-corrected chi connectivity index (χ2v) is 3.99.